The Morgan fingerprint density at radius 3 is 2.39 bits per heavy atom. The van der Waals surface area contributed by atoms with Crippen LogP contribution in [0.2, 0.25) is 5.02 Å². The van der Waals surface area contributed by atoms with Crippen molar-refractivity contribution in [3.63, 3.8) is 0 Å². The summed E-state index contributed by atoms with van der Waals surface area (Å²) in [7, 11) is 0. The van der Waals surface area contributed by atoms with E-state index in [4.69, 9.17) is 16.3 Å². The number of benzene rings is 2. The first-order valence-electron chi connectivity index (χ1n) is 8.04. The SMILES string of the molecule is O=c1ccn2nc(Oc3ccc(F)cc3Cl)ccc2c1-c1c(F)cccc1F. The molecule has 8 heteroatoms. The lowest BCUT2D eigenvalue weighted by Crippen LogP contribution is -2.11. The second-order valence-electron chi connectivity index (χ2n) is 5.83. The van der Waals surface area contributed by atoms with Crippen molar-refractivity contribution >= 4 is 17.1 Å². The van der Waals surface area contributed by atoms with E-state index in [0.29, 0.717) is 0 Å². The topological polar surface area (TPSA) is 43.6 Å². The van der Waals surface area contributed by atoms with E-state index in [0.717, 1.165) is 24.3 Å². The molecule has 0 saturated carbocycles. The van der Waals surface area contributed by atoms with Crippen LogP contribution in [0.15, 0.2) is 65.6 Å². The Morgan fingerprint density at radius 2 is 1.68 bits per heavy atom. The van der Waals surface area contributed by atoms with Crippen LogP contribution in [0.25, 0.3) is 16.6 Å². The van der Waals surface area contributed by atoms with Crippen LogP contribution in [-0.4, -0.2) is 9.61 Å². The summed E-state index contributed by atoms with van der Waals surface area (Å²) in [4.78, 5) is 12.3. The highest BCUT2D eigenvalue weighted by Gasteiger charge is 2.18. The van der Waals surface area contributed by atoms with Gasteiger partial charge in [-0.1, -0.05) is 17.7 Å². The molecule has 2 aromatic heterocycles. The van der Waals surface area contributed by atoms with Crippen LogP contribution >= 0.6 is 11.6 Å². The fraction of sp³-hybridized carbons (Fsp3) is 0. The number of rotatable bonds is 3. The molecular weight excluding hydrogens is 393 g/mol. The Balaban J connectivity index is 1.84. The number of hydrogen-bond acceptors (Lipinski definition) is 3. The van der Waals surface area contributed by atoms with Crippen LogP contribution in [0.4, 0.5) is 13.2 Å². The number of ether oxygens (including phenoxy) is 1. The predicted molar refractivity (Wildman–Crippen MR) is 98.3 cm³/mol. The average molecular weight is 403 g/mol. The molecule has 0 aliphatic rings. The normalized spacial score (nSPS) is 11.0. The summed E-state index contributed by atoms with van der Waals surface area (Å²) in [6.45, 7) is 0. The van der Waals surface area contributed by atoms with Crippen molar-refractivity contribution in [3.8, 4) is 22.8 Å². The second kappa shape index (κ2) is 7.01. The van der Waals surface area contributed by atoms with Crippen molar-refractivity contribution in [1.82, 2.24) is 9.61 Å². The van der Waals surface area contributed by atoms with Crippen LogP contribution in [0.5, 0.6) is 11.6 Å². The van der Waals surface area contributed by atoms with Gasteiger partial charge in [0.1, 0.15) is 23.2 Å². The minimum Gasteiger partial charge on any atom is -0.436 e. The van der Waals surface area contributed by atoms with Gasteiger partial charge in [0.25, 0.3) is 0 Å². The van der Waals surface area contributed by atoms with E-state index >= 15 is 0 Å². The van der Waals surface area contributed by atoms with E-state index in [1.54, 1.807) is 0 Å². The van der Waals surface area contributed by atoms with E-state index in [1.165, 1.54) is 41.0 Å². The van der Waals surface area contributed by atoms with E-state index in [9.17, 15) is 18.0 Å². The van der Waals surface area contributed by atoms with Crippen molar-refractivity contribution in [1.29, 1.82) is 0 Å². The van der Waals surface area contributed by atoms with Gasteiger partial charge >= 0.3 is 0 Å². The van der Waals surface area contributed by atoms with Crippen LogP contribution in [0.1, 0.15) is 0 Å². The van der Waals surface area contributed by atoms with Crippen LogP contribution in [0.3, 0.4) is 0 Å². The van der Waals surface area contributed by atoms with Crippen LogP contribution < -0.4 is 10.2 Å². The van der Waals surface area contributed by atoms with Gasteiger partial charge < -0.3 is 4.74 Å². The zero-order valence-electron chi connectivity index (χ0n) is 14.0. The van der Waals surface area contributed by atoms with Gasteiger partial charge in [-0.25, -0.2) is 17.7 Å². The zero-order chi connectivity index (χ0) is 19.8. The molecule has 2 heterocycles. The highest BCUT2D eigenvalue weighted by atomic mass is 35.5. The van der Waals surface area contributed by atoms with E-state index < -0.39 is 28.4 Å². The molecule has 0 atom stereocenters. The second-order valence-corrected chi connectivity index (χ2v) is 6.24. The molecule has 0 spiro atoms. The molecule has 2 aromatic carbocycles. The molecule has 4 rings (SSSR count). The van der Waals surface area contributed by atoms with Crippen molar-refractivity contribution in [2.24, 2.45) is 0 Å². The van der Waals surface area contributed by atoms with Crippen molar-refractivity contribution in [2.45, 2.75) is 0 Å². The fourth-order valence-electron chi connectivity index (χ4n) is 2.79. The number of halogens is 4. The van der Waals surface area contributed by atoms with Gasteiger partial charge in [-0.05, 0) is 36.4 Å². The molecule has 0 aliphatic heterocycles. The standard InChI is InChI=1S/C20H10ClF3N2O2/c21-12-10-11(22)4-6-17(12)28-18-7-5-15-20(16(27)8-9-26(15)25-18)19-13(23)2-1-3-14(19)24/h1-10H. The van der Waals surface area contributed by atoms with E-state index in [2.05, 4.69) is 5.10 Å². The largest absolute Gasteiger partial charge is 0.436 e. The first-order chi connectivity index (χ1) is 13.4. The summed E-state index contributed by atoms with van der Waals surface area (Å²) >= 11 is 5.93. The van der Waals surface area contributed by atoms with Gasteiger partial charge in [0.05, 0.1) is 21.7 Å². The van der Waals surface area contributed by atoms with Crippen LogP contribution in [-0.2, 0) is 0 Å². The first-order valence-corrected chi connectivity index (χ1v) is 8.42. The number of hydrogen-bond donors (Lipinski definition) is 0. The summed E-state index contributed by atoms with van der Waals surface area (Å²) in [5, 5.41) is 4.23. The summed E-state index contributed by atoms with van der Waals surface area (Å²) in [5.41, 5.74) is -0.949. The fourth-order valence-corrected chi connectivity index (χ4v) is 3.00. The van der Waals surface area contributed by atoms with Gasteiger partial charge in [-0.3, -0.25) is 4.79 Å². The highest BCUT2D eigenvalue weighted by molar-refractivity contribution is 6.32. The maximum atomic E-state index is 14.2. The molecule has 0 saturated heterocycles. The molecule has 4 nitrogen and oxygen atoms in total. The molecule has 0 unspecified atom stereocenters. The maximum absolute atomic E-state index is 14.2. The Bertz CT molecular complexity index is 1250. The zero-order valence-corrected chi connectivity index (χ0v) is 14.8. The third-order valence-corrected chi connectivity index (χ3v) is 4.32. The monoisotopic (exact) mass is 402 g/mol. The lowest BCUT2D eigenvalue weighted by Gasteiger charge is -2.11. The average Bonchev–Trinajstić information content (AvgIpc) is 2.65. The summed E-state index contributed by atoms with van der Waals surface area (Å²) in [6.07, 6.45) is 1.35. The Kier molecular flexibility index (Phi) is 4.52. The summed E-state index contributed by atoms with van der Waals surface area (Å²) in [6, 6.07) is 11.0. The molecule has 28 heavy (non-hydrogen) atoms. The quantitative estimate of drug-likeness (QED) is 0.471. The molecule has 0 fully saturated rings. The molecule has 0 aliphatic carbocycles. The lowest BCUT2D eigenvalue weighted by atomic mass is 10.0. The summed E-state index contributed by atoms with van der Waals surface area (Å²) < 4.78 is 48.4. The number of aromatic nitrogens is 2. The highest BCUT2D eigenvalue weighted by Crippen LogP contribution is 2.30. The molecule has 0 N–H and O–H groups in total. The lowest BCUT2D eigenvalue weighted by molar-refractivity contribution is 0.451. The van der Waals surface area contributed by atoms with Crippen molar-refractivity contribution in [2.75, 3.05) is 0 Å². The first kappa shape index (κ1) is 18.1. The maximum Gasteiger partial charge on any atom is 0.237 e. The predicted octanol–water partition coefficient (Wildman–Crippen LogP) is 5.22. The van der Waals surface area contributed by atoms with Crippen molar-refractivity contribution < 1.29 is 17.9 Å². The number of fused-ring (bicyclic) bond motifs is 1. The third kappa shape index (κ3) is 3.20. The third-order valence-electron chi connectivity index (χ3n) is 4.03. The van der Waals surface area contributed by atoms with E-state index in [1.807, 2.05) is 0 Å². The van der Waals surface area contributed by atoms with Gasteiger partial charge in [-0.15, -0.1) is 5.10 Å². The number of nitrogens with zero attached hydrogens (tertiary/aromatic N) is 2. The number of pyridine rings is 1. The molecule has 0 amide bonds. The Hall–Kier alpha value is -3.32. The van der Waals surface area contributed by atoms with Gasteiger partial charge in [0, 0.05) is 18.3 Å². The van der Waals surface area contributed by atoms with Gasteiger partial charge in [0.2, 0.25) is 5.88 Å². The molecule has 0 bridgehead atoms. The molecular formula is C20H10ClF3N2O2. The minimum atomic E-state index is -0.858. The minimum absolute atomic E-state index is 0.0518. The Labute approximate surface area is 161 Å². The van der Waals surface area contributed by atoms with Crippen LogP contribution in [0, 0.1) is 17.5 Å². The van der Waals surface area contributed by atoms with E-state index in [-0.39, 0.29) is 27.7 Å². The van der Waals surface area contributed by atoms with Gasteiger partial charge in [0.15, 0.2) is 5.43 Å². The summed E-state index contributed by atoms with van der Waals surface area (Å²) in [5.74, 6) is -1.97. The molecule has 0 radical (unpaired) electrons. The molecule has 4 aromatic rings. The Morgan fingerprint density at radius 1 is 0.929 bits per heavy atom. The molecule has 140 valence electrons. The van der Waals surface area contributed by atoms with Gasteiger partial charge in [-0.2, -0.15) is 0 Å². The smallest absolute Gasteiger partial charge is 0.237 e. The van der Waals surface area contributed by atoms with Crippen molar-refractivity contribution in [3.05, 3.63) is 93.5 Å².